The molecule has 0 bridgehead atoms. The van der Waals surface area contributed by atoms with Gasteiger partial charge in [-0.3, -0.25) is 4.72 Å². The summed E-state index contributed by atoms with van der Waals surface area (Å²) in [6.45, 7) is 1.98. The molecule has 1 unspecified atom stereocenters. The Morgan fingerprint density at radius 3 is 2.05 bits per heavy atom. The molecule has 1 rings (SSSR count). The van der Waals surface area contributed by atoms with Crippen molar-refractivity contribution in [3.05, 3.63) is 29.8 Å². The van der Waals surface area contributed by atoms with Gasteiger partial charge in [-0.2, -0.15) is 0 Å². The molecule has 108 valence electrons. The summed E-state index contributed by atoms with van der Waals surface area (Å²) in [5.41, 5.74) is 1.35. The molecule has 1 aromatic rings. The van der Waals surface area contributed by atoms with Gasteiger partial charge in [0.05, 0.1) is 0 Å². The van der Waals surface area contributed by atoms with Gasteiger partial charge in [-0.05, 0) is 31.7 Å². The van der Waals surface area contributed by atoms with Crippen molar-refractivity contribution in [3.8, 4) is 0 Å². The minimum atomic E-state index is -3.88. The zero-order valence-corrected chi connectivity index (χ0v) is 12.7. The highest BCUT2D eigenvalue weighted by Crippen LogP contribution is 2.16. The highest BCUT2D eigenvalue weighted by Gasteiger charge is 2.18. The molecule has 0 aliphatic heterocycles. The van der Waals surface area contributed by atoms with E-state index in [0.29, 0.717) is 5.69 Å². The molecule has 0 heterocycles. The van der Waals surface area contributed by atoms with Crippen LogP contribution in [-0.4, -0.2) is 35.2 Å². The van der Waals surface area contributed by atoms with Crippen LogP contribution in [0.1, 0.15) is 18.5 Å². The minimum absolute atomic E-state index is 0.154. The van der Waals surface area contributed by atoms with Gasteiger partial charge >= 0.3 is 0 Å². The van der Waals surface area contributed by atoms with Gasteiger partial charge in [0, 0.05) is 18.0 Å². The molecule has 0 saturated carbocycles. The molecular weight excluding hydrogens is 288 g/mol. The zero-order chi connectivity index (χ0) is 14.7. The molecule has 0 aliphatic rings. The number of hydrogen-bond acceptors (Lipinski definition) is 5. The Morgan fingerprint density at radius 1 is 1.11 bits per heavy atom. The predicted molar refractivity (Wildman–Crippen MR) is 76.2 cm³/mol. The first kappa shape index (κ1) is 15.9. The summed E-state index contributed by atoms with van der Waals surface area (Å²) >= 11 is 0. The van der Waals surface area contributed by atoms with Crippen LogP contribution in [0.15, 0.2) is 24.3 Å². The topological polar surface area (TPSA) is 92.3 Å². The third-order valence-electron chi connectivity index (χ3n) is 2.49. The van der Waals surface area contributed by atoms with E-state index >= 15 is 0 Å². The third kappa shape index (κ3) is 5.58. The number of anilines is 1. The monoisotopic (exact) mass is 306 g/mol. The molecule has 6 nitrogen and oxygen atoms in total. The van der Waals surface area contributed by atoms with E-state index < -0.39 is 24.9 Å². The lowest BCUT2D eigenvalue weighted by Gasteiger charge is -2.12. The van der Waals surface area contributed by atoms with Gasteiger partial charge in [0.2, 0.25) is 10.0 Å². The zero-order valence-electron chi connectivity index (χ0n) is 11.0. The van der Waals surface area contributed by atoms with Crippen LogP contribution in [0.25, 0.3) is 0 Å². The van der Waals surface area contributed by atoms with Crippen LogP contribution in [-0.2, 0) is 19.9 Å². The molecule has 0 amide bonds. The highest BCUT2D eigenvalue weighted by atomic mass is 32.3. The van der Waals surface area contributed by atoms with Crippen molar-refractivity contribution in [2.75, 3.05) is 23.1 Å². The van der Waals surface area contributed by atoms with Gasteiger partial charge in [-0.1, -0.05) is 12.1 Å². The van der Waals surface area contributed by atoms with Crippen molar-refractivity contribution >= 4 is 25.5 Å². The molecule has 0 radical (unpaired) electrons. The van der Waals surface area contributed by atoms with Crippen molar-refractivity contribution < 1.29 is 16.8 Å². The van der Waals surface area contributed by atoms with Gasteiger partial charge in [-0.25, -0.2) is 16.8 Å². The van der Waals surface area contributed by atoms with Crippen LogP contribution in [0.5, 0.6) is 0 Å². The average molecular weight is 306 g/mol. The summed E-state index contributed by atoms with van der Waals surface area (Å²) in [4.78, 5) is 0. The average Bonchev–Trinajstić information content (AvgIpc) is 2.25. The fourth-order valence-corrected chi connectivity index (χ4v) is 4.48. The van der Waals surface area contributed by atoms with Crippen LogP contribution in [0, 0.1) is 0 Å². The largest absolute Gasteiger partial charge is 0.313 e. The van der Waals surface area contributed by atoms with Crippen molar-refractivity contribution in [1.82, 2.24) is 5.32 Å². The molecule has 19 heavy (non-hydrogen) atoms. The molecule has 8 heteroatoms. The van der Waals surface area contributed by atoms with Crippen molar-refractivity contribution in [2.45, 2.75) is 13.0 Å². The van der Waals surface area contributed by atoms with E-state index in [9.17, 15) is 16.8 Å². The quantitative estimate of drug-likeness (QED) is 0.807. The predicted octanol–water partition coefficient (Wildman–Crippen LogP) is 0.711. The molecule has 0 aromatic heterocycles. The number of rotatable bonds is 6. The second-order valence-corrected chi connectivity index (χ2v) is 8.62. The Kier molecular flexibility index (Phi) is 4.94. The normalized spacial score (nSPS) is 14.1. The van der Waals surface area contributed by atoms with Crippen LogP contribution in [0.4, 0.5) is 5.69 Å². The summed E-state index contributed by atoms with van der Waals surface area (Å²) in [7, 11) is -5.65. The molecule has 1 aromatic carbocycles. The second-order valence-electron chi connectivity index (χ2n) is 4.39. The van der Waals surface area contributed by atoms with Crippen molar-refractivity contribution in [1.29, 1.82) is 0 Å². The first-order valence-corrected chi connectivity index (χ1v) is 9.30. The molecule has 2 N–H and O–H groups in total. The first-order valence-electron chi connectivity index (χ1n) is 5.58. The van der Waals surface area contributed by atoms with Gasteiger partial charge in [-0.15, -0.1) is 0 Å². The molecule has 0 spiro atoms. The number of sulfone groups is 1. The van der Waals surface area contributed by atoms with Crippen molar-refractivity contribution in [2.24, 2.45) is 0 Å². The SMILES string of the molecule is CNC(C)c1ccc(NS(=O)(=O)CS(C)(=O)=O)cc1. The number of sulfonamides is 1. The lowest BCUT2D eigenvalue weighted by molar-refractivity contribution is 0.595. The Labute approximate surface area is 114 Å². The van der Waals surface area contributed by atoms with E-state index in [2.05, 4.69) is 10.0 Å². The van der Waals surface area contributed by atoms with E-state index in [-0.39, 0.29) is 6.04 Å². The first-order chi connectivity index (χ1) is 8.63. The van der Waals surface area contributed by atoms with E-state index in [4.69, 9.17) is 0 Å². The van der Waals surface area contributed by atoms with Gasteiger partial charge in [0.15, 0.2) is 14.9 Å². The van der Waals surface area contributed by atoms with Gasteiger partial charge in [0.1, 0.15) is 0 Å². The molecule has 0 saturated heterocycles. The maximum absolute atomic E-state index is 11.6. The Hall–Kier alpha value is -1.12. The minimum Gasteiger partial charge on any atom is -0.313 e. The summed E-state index contributed by atoms with van der Waals surface area (Å²) in [5.74, 6) is 0. The van der Waals surface area contributed by atoms with E-state index in [1.54, 1.807) is 24.3 Å². The number of nitrogens with one attached hydrogen (secondary N) is 2. The Morgan fingerprint density at radius 2 is 1.63 bits per heavy atom. The maximum Gasteiger partial charge on any atom is 0.247 e. The summed E-state index contributed by atoms with van der Waals surface area (Å²) in [6, 6.07) is 6.91. The molecule has 0 aliphatic carbocycles. The van der Waals surface area contributed by atoms with Gasteiger partial charge < -0.3 is 5.32 Å². The fraction of sp³-hybridized carbons (Fsp3) is 0.455. The van der Waals surface area contributed by atoms with E-state index in [1.807, 2.05) is 14.0 Å². The Bertz CT molecular complexity index is 621. The lowest BCUT2D eigenvalue weighted by atomic mass is 10.1. The summed E-state index contributed by atoms with van der Waals surface area (Å²) in [5, 5.41) is 2.14. The van der Waals surface area contributed by atoms with Crippen LogP contribution < -0.4 is 10.0 Å². The smallest absolute Gasteiger partial charge is 0.247 e. The number of benzene rings is 1. The third-order valence-corrected chi connectivity index (χ3v) is 5.99. The van der Waals surface area contributed by atoms with Crippen LogP contribution in [0.2, 0.25) is 0 Å². The number of hydrogen-bond donors (Lipinski definition) is 2. The standard InChI is InChI=1S/C11H18N2O4S2/c1-9(12-2)10-4-6-11(7-5-10)13-19(16,17)8-18(3,14)15/h4-7,9,12-13H,8H2,1-3H3. The summed E-state index contributed by atoms with van der Waals surface area (Å²) < 4.78 is 47.4. The molecule has 0 fully saturated rings. The van der Waals surface area contributed by atoms with Gasteiger partial charge in [0.25, 0.3) is 0 Å². The Balaban J connectivity index is 2.84. The maximum atomic E-state index is 11.6. The second kappa shape index (κ2) is 5.89. The van der Waals surface area contributed by atoms with Crippen LogP contribution >= 0.6 is 0 Å². The molecule has 1 atom stereocenters. The fourth-order valence-electron chi connectivity index (χ4n) is 1.50. The van der Waals surface area contributed by atoms with E-state index in [0.717, 1.165) is 11.8 Å². The van der Waals surface area contributed by atoms with E-state index in [1.165, 1.54) is 0 Å². The highest BCUT2D eigenvalue weighted by molar-refractivity contribution is 8.08. The van der Waals surface area contributed by atoms with Crippen molar-refractivity contribution in [3.63, 3.8) is 0 Å². The molecular formula is C11H18N2O4S2. The lowest BCUT2D eigenvalue weighted by Crippen LogP contribution is -2.22. The van der Waals surface area contributed by atoms with Crippen LogP contribution in [0.3, 0.4) is 0 Å². The summed E-state index contributed by atoms with van der Waals surface area (Å²) in [6.07, 6.45) is 0.879.